The van der Waals surface area contributed by atoms with E-state index >= 15 is 0 Å². The maximum Gasteiger partial charge on any atom is 0.229 e. The molecule has 1 heterocycles. The normalized spacial score (nSPS) is 12.2. The number of hydrogen-bond acceptors (Lipinski definition) is 7. The van der Waals surface area contributed by atoms with Crippen LogP contribution >= 0.6 is 11.6 Å². The monoisotopic (exact) mass is 261 g/mol. The molecule has 1 atom stereocenters. The van der Waals surface area contributed by atoms with Gasteiger partial charge in [0.25, 0.3) is 0 Å². The van der Waals surface area contributed by atoms with Crippen LogP contribution in [0.2, 0.25) is 5.28 Å². The lowest BCUT2D eigenvalue weighted by Crippen LogP contribution is -2.26. The summed E-state index contributed by atoms with van der Waals surface area (Å²) in [6.07, 6.45) is 0.644. The molecule has 0 aromatic carbocycles. The van der Waals surface area contributed by atoms with Gasteiger partial charge in [0.05, 0.1) is 12.6 Å². The summed E-state index contributed by atoms with van der Waals surface area (Å²) in [5.41, 5.74) is 0. The Bertz CT molecular complexity index is 352. The number of nitrogens with zero attached hydrogens (tertiary/aromatic N) is 3. The summed E-state index contributed by atoms with van der Waals surface area (Å²) in [5.74, 6) is 0.695. The second-order valence-electron chi connectivity index (χ2n) is 3.31. The minimum atomic E-state index is -0.182. The summed E-state index contributed by atoms with van der Waals surface area (Å²) in [4.78, 5) is 11.8. The highest BCUT2D eigenvalue weighted by molar-refractivity contribution is 6.28. The molecule has 17 heavy (non-hydrogen) atoms. The third-order valence-corrected chi connectivity index (χ3v) is 2.22. The average Bonchev–Trinajstić information content (AvgIpc) is 2.33. The quantitative estimate of drug-likeness (QED) is 0.653. The molecule has 1 aromatic heterocycles. The zero-order chi connectivity index (χ0) is 12.7. The van der Waals surface area contributed by atoms with E-state index in [9.17, 15) is 5.11 Å². The lowest BCUT2D eigenvalue weighted by Gasteiger charge is -2.15. The van der Waals surface area contributed by atoms with Crippen molar-refractivity contribution in [2.75, 3.05) is 38.0 Å². The van der Waals surface area contributed by atoms with E-state index in [0.717, 1.165) is 0 Å². The Morgan fingerprint density at radius 3 is 2.65 bits per heavy atom. The molecule has 96 valence electrons. The number of hydrogen-bond donors (Lipinski definition) is 3. The molecule has 0 saturated carbocycles. The molecule has 7 nitrogen and oxygen atoms in total. The van der Waals surface area contributed by atoms with E-state index in [4.69, 9.17) is 16.3 Å². The van der Waals surface area contributed by atoms with Crippen molar-refractivity contribution in [2.24, 2.45) is 0 Å². The van der Waals surface area contributed by atoms with Crippen LogP contribution in [0.15, 0.2) is 0 Å². The van der Waals surface area contributed by atoms with Crippen molar-refractivity contribution in [3.8, 4) is 0 Å². The maximum atomic E-state index is 9.17. The van der Waals surface area contributed by atoms with E-state index in [2.05, 4.69) is 25.6 Å². The Kier molecular flexibility index (Phi) is 5.88. The molecule has 1 unspecified atom stereocenters. The SMILES string of the molecule is CNc1nc(Cl)nc(NC(CO)CCOC)n1. The lowest BCUT2D eigenvalue weighted by atomic mass is 10.2. The summed E-state index contributed by atoms with van der Waals surface area (Å²) < 4.78 is 4.94. The maximum absolute atomic E-state index is 9.17. The molecule has 0 aliphatic carbocycles. The van der Waals surface area contributed by atoms with Gasteiger partial charge in [-0.25, -0.2) is 0 Å². The van der Waals surface area contributed by atoms with Gasteiger partial charge < -0.3 is 20.5 Å². The molecule has 3 N–H and O–H groups in total. The molecule has 0 bridgehead atoms. The molecule has 1 aromatic rings. The number of aliphatic hydroxyl groups excluding tert-OH is 1. The van der Waals surface area contributed by atoms with Crippen molar-refractivity contribution in [3.05, 3.63) is 5.28 Å². The fourth-order valence-corrected chi connectivity index (χ4v) is 1.34. The van der Waals surface area contributed by atoms with Crippen molar-refractivity contribution < 1.29 is 9.84 Å². The van der Waals surface area contributed by atoms with Gasteiger partial charge in [-0.2, -0.15) is 15.0 Å². The predicted octanol–water partition coefficient (Wildman–Crippen LogP) is 0.376. The largest absolute Gasteiger partial charge is 0.394 e. The third kappa shape index (κ3) is 4.68. The summed E-state index contributed by atoms with van der Waals surface area (Å²) in [6, 6.07) is -0.182. The Morgan fingerprint density at radius 2 is 2.06 bits per heavy atom. The number of methoxy groups -OCH3 is 1. The van der Waals surface area contributed by atoms with Crippen LogP contribution in [0.25, 0.3) is 0 Å². The van der Waals surface area contributed by atoms with E-state index in [1.54, 1.807) is 14.2 Å². The van der Waals surface area contributed by atoms with Crippen LogP contribution in [0.1, 0.15) is 6.42 Å². The smallest absolute Gasteiger partial charge is 0.229 e. The number of ether oxygens (including phenoxy) is 1. The van der Waals surface area contributed by atoms with E-state index in [1.807, 2.05) is 0 Å². The van der Waals surface area contributed by atoms with Gasteiger partial charge in [-0.3, -0.25) is 0 Å². The molecule has 1 rings (SSSR count). The standard InChI is InChI=1S/C9H16ClN5O2/c1-11-8-13-7(10)14-9(15-8)12-6(5-16)3-4-17-2/h6,16H,3-5H2,1-2H3,(H2,11,12,13,14,15). The molecular weight excluding hydrogens is 246 g/mol. The van der Waals surface area contributed by atoms with Gasteiger partial charge in [0.2, 0.25) is 17.2 Å². The lowest BCUT2D eigenvalue weighted by molar-refractivity contribution is 0.174. The first kappa shape index (κ1) is 13.9. The van der Waals surface area contributed by atoms with Gasteiger partial charge in [0, 0.05) is 20.8 Å². The molecule has 0 saturated heterocycles. The molecule has 0 amide bonds. The topological polar surface area (TPSA) is 92.2 Å². The van der Waals surface area contributed by atoms with Gasteiger partial charge in [-0.05, 0) is 18.0 Å². The van der Waals surface area contributed by atoms with E-state index < -0.39 is 0 Å². The number of rotatable bonds is 7. The Hall–Kier alpha value is -1.18. The molecule has 0 fully saturated rings. The number of nitrogens with one attached hydrogen (secondary N) is 2. The van der Waals surface area contributed by atoms with Gasteiger partial charge in [0.15, 0.2) is 0 Å². The Labute approximate surface area is 105 Å². The van der Waals surface area contributed by atoms with Crippen molar-refractivity contribution in [3.63, 3.8) is 0 Å². The van der Waals surface area contributed by atoms with Crippen molar-refractivity contribution in [2.45, 2.75) is 12.5 Å². The first-order valence-electron chi connectivity index (χ1n) is 5.15. The fraction of sp³-hybridized carbons (Fsp3) is 0.667. The van der Waals surface area contributed by atoms with E-state index in [1.165, 1.54) is 0 Å². The second kappa shape index (κ2) is 7.21. The van der Waals surface area contributed by atoms with Crippen LogP contribution in [0, 0.1) is 0 Å². The highest BCUT2D eigenvalue weighted by Gasteiger charge is 2.10. The first-order valence-corrected chi connectivity index (χ1v) is 5.53. The van der Waals surface area contributed by atoms with Crippen molar-refractivity contribution >= 4 is 23.5 Å². The van der Waals surface area contributed by atoms with Gasteiger partial charge in [0.1, 0.15) is 0 Å². The van der Waals surface area contributed by atoms with E-state index in [-0.39, 0.29) is 17.9 Å². The van der Waals surface area contributed by atoms with Gasteiger partial charge >= 0.3 is 0 Å². The Morgan fingerprint density at radius 1 is 1.35 bits per heavy atom. The van der Waals surface area contributed by atoms with E-state index in [0.29, 0.717) is 24.9 Å². The zero-order valence-corrected chi connectivity index (χ0v) is 10.5. The van der Waals surface area contributed by atoms with Crippen molar-refractivity contribution in [1.29, 1.82) is 0 Å². The third-order valence-electron chi connectivity index (χ3n) is 2.06. The summed E-state index contributed by atoms with van der Waals surface area (Å²) >= 11 is 5.73. The summed E-state index contributed by atoms with van der Waals surface area (Å²) in [6.45, 7) is 0.497. The van der Waals surface area contributed by atoms with Crippen molar-refractivity contribution in [1.82, 2.24) is 15.0 Å². The number of anilines is 2. The molecular formula is C9H16ClN5O2. The zero-order valence-electron chi connectivity index (χ0n) is 9.77. The second-order valence-corrected chi connectivity index (χ2v) is 3.65. The predicted molar refractivity (Wildman–Crippen MR) is 65.4 cm³/mol. The highest BCUT2D eigenvalue weighted by atomic mass is 35.5. The summed E-state index contributed by atoms with van der Waals surface area (Å²) in [7, 11) is 3.29. The molecule has 0 aliphatic heterocycles. The number of halogens is 1. The Balaban J connectivity index is 2.68. The van der Waals surface area contributed by atoms with Crippen LogP contribution in [-0.4, -0.2) is 53.5 Å². The molecule has 0 aliphatic rings. The van der Waals surface area contributed by atoms with Crippen LogP contribution < -0.4 is 10.6 Å². The molecule has 8 heteroatoms. The van der Waals surface area contributed by atoms with Crippen LogP contribution in [0.5, 0.6) is 0 Å². The summed E-state index contributed by atoms with van der Waals surface area (Å²) in [5, 5.41) is 15.0. The van der Waals surface area contributed by atoms with Crippen LogP contribution in [-0.2, 0) is 4.74 Å². The fourth-order valence-electron chi connectivity index (χ4n) is 1.18. The van der Waals surface area contributed by atoms with Crippen LogP contribution in [0.4, 0.5) is 11.9 Å². The van der Waals surface area contributed by atoms with Gasteiger partial charge in [-0.15, -0.1) is 0 Å². The number of aliphatic hydroxyl groups is 1. The van der Waals surface area contributed by atoms with Gasteiger partial charge in [-0.1, -0.05) is 0 Å². The van der Waals surface area contributed by atoms with Crippen LogP contribution in [0.3, 0.4) is 0 Å². The molecule has 0 spiro atoms. The first-order chi connectivity index (χ1) is 8.19. The minimum Gasteiger partial charge on any atom is -0.394 e. The average molecular weight is 262 g/mol. The minimum absolute atomic E-state index is 0.0401. The highest BCUT2D eigenvalue weighted by Crippen LogP contribution is 2.10. The number of aromatic nitrogens is 3. The molecule has 0 radical (unpaired) electrons.